The summed E-state index contributed by atoms with van der Waals surface area (Å²) in [5, 5.41) is 3.99. The lowest BCUT2D eigenvalue weighted by Crippen LogP contribution is -2.33. The third-order valence-corrected chi connectivity index (χ3v) is 5.42. The van der Waals surface area contributed by atoms with Crippen molar-refractivity contribution in [1.82, 2.24) is 14.5 Å². The topological polar surface area (TPSA) is 33.1 Å². The summed E-state index contributed by atoms with van der Waals surface area (Å²) in [7, 11) is 2.01. The van der Waals surface area contributed by atoms with E-state index >= 15 is 0 Å². The molecule has 0 amide bonds. The maximum Gasteiger partial charge on any atom is 0.173 e. The number of nitrogens with zero attached hydrogens (tertiary/aromatic N) is 3. The molecule has 0 saturated carbocycles. The summed E-state index contributed by atoms with van der Waals surface area (Å²) >= 11 is 5.58. The minimum atomic E-state index is 0.150. The molecule has 28 heavy (non-hydrogen) atoms. The molecular formula is C23H22N4S. The quantitative estimate of drug-likeness (QED) is 0.475. The van der Waals surface area contributed by atoms with Crippen molar-refractivity contribution in [3.63, 3.8) is 0 Å². The second kappa shape index (κ2) is 7.82. The molecule has 0 aliphatic rings. The molecule has 1 aromatic heterocycles. The summed E-state index contributed by atoms with van der Waals surface area (Å²) in [6.45, 7) is 2.15. The molecule has 1 heterocycles. The number of anilines is 1. The van der Waals surface area contributed by atoms with Crippen molar-refractivity contribution in [3.05, 3.63) is 90.8 Å². The molecule has 1 atom stereocenters. The Morgan fingerprint density at radius 3 is 2.39 bits per heavy atom. The first-order chi connectivity index (χ1) is 13.6. The Morgan fingerprint density at radius 1 is 0.964 bits per heavy atom. The van der Waals surface area contributed by atoms with Crippen LogP contribution in [0.25, 0.3) is 16.7 Å². The number of imidazole rings is 1. The average molecular weight is 387 g/mol. The van der Waals surface area contributed by atoms with E-state index in [1.807, 2.05) is 61.9 Å². The van der Waals surface area contributed by atoms with Gasteiger partial charge < -0.3 is 10.2 Å². The highest BCUT2D eigenvalue weighted by atomic mass is 32.1. The monoisotopic (exact) mass is 386 g/mol. The Hall–Kier alpha value is -3.18. The predicted molar refractivity (Wildman–Crippen MR) is 120 cm³/mol. The third kappa shape index (κ3) is 3.62. The van der Waals surface area contributed by atoms with Crippen LogP contribution in [0.3, 0.4) is 0 Å². The number of rotatable bonds is 4. The summed E-state index contributed by atoms with van der Waals surface area (Å²) in [4.78, 5) is 6.55. The number of thiocarbonyl (C=S) groups is 1. The molecule has 4 rings (SSSR count). The molecule has 0 saturated heterocycles. The fraction of sp³-hybridized carbons (Fsp3) is 0.130. The number of benzene rings is 3. The Labute approximate surface area is 170 Å². The highest BCUT2D eigenvalue weighted by Gasteiger charge is 2.15. The minimum absolute atomic E-state index is 0.150. The first-order valence-corrected chi connectivity index (χ1v) is 9.65. The van der Waals surface area contributed by atoms with Crippen LogP contribution >= 0.6 is 12.2 Å². The largest absolute Gasteiger partial charge is 0.345 e. The lowest BCUT2D eigenvalue weighted by molar-refractivity contribution is 0.408. The first kappa shape index (κ1) is 18.2. The molecule has 0 radical (unpaired) electrons. The summed E-state index contributed by atoms with van der Waals surface area (Å²) in [6.07, 6.45) is 1.87. The predicted octanol–water partition coefficient (Wildman–Crippen LogP) is 5.42. The second-order valence-electron chi connectivity index (χ2n) is 6.78. The van der Waals surface area contributed by atoms with Crippen molar-refractivity contribution in [3.8, 4) is 5.69 Å². The number of hydrogen-bond donors (Lipinski definition) is 1. The summed E-state index contributed by atoms with van der Waals surface area (Å²) in [5.74, 6) is 0. The molecule has 0 fully saturated rings. The van der Waals surface area contributed by atoms with E-state index in [2.05, 4.69) is 57.0 Å². The zero-order valence-electron chi connectivity index (χ0n) is 15.9. The normalized spacial score (nSPS) is 11.9. The highest BCUT2D eigenvalue weighted by molar-refractivity contribution is 7.80. The zero-order chi connectivity index (χ0) is 19.5. The van der Waals surface area contributed by atoms with Crippen molar-refractivity contribution in [1.29, 1.82) is 0 Å². The van der Waals surface area contributed by atoms with Gasteiger partial charge in [-0.05, 0) is 61.1 Å². The van der Waals surface area contributed by atoms with Gasteiger partial charge in [-0.25, -0.2) is 4.98 Å². The van der Waals surface area contributed by atoms with Crippen LogP contribution in [-0.4, -0.2) is 26.6 Å². The molecule has 4 nitrogen and oxygen atoms in total. The van der Waals surface area contributed by atoms with Crippen molar-refractivity contribution < 1.29 is 0 Å². The summed E-state index contributed by atoms with van der Waals surface area (Å²) < 4.78 is 2.11. The molecule has 4 aromatic rings. The molecule has 5 heteroatoms. The van der Waals surface area contributed by atoms with E-state index in [4.69, 9.17) is 12.2 Å². The first-order valence-electron chi connectivity index (χ1n) is 9.25. The fourth-order valence-electron chi connectivity index (χ4n) is 3.21. The van der Waals surface area contributed by atoms with Gasteiger partial charge >= 0.3 is 0 Å². The van der Waals surface area contributed by atoms with Gasteiger partial charge in [-0.3, -0.25) is 4.57 Å². The Kier molecular flexibility index (Phi) is 5.08. The SMILES string of the molecule is CC(c1ccc(-n2cnc3ccccc32)cc1)N(C)C(=S)Nc1ccccc1. The van der Waals surface area contributed by atoms with Gasteiger partial charge in [0.1, 0.15) is 6.33 Å². The van der Waals surface area contributed by atoms with E-state index in [0.717, 1.165) is 22.4 Å². The van der Waals surface area contributed by atoms with E-state index < -0.39 is 0 Å². The summed E-state index contributed by atoms with van der Waals surface area (Å²) in [5.41, 5.74) is 5.39. The third-order valence-electron chi connectivity index (χ3n) is 5.03. The van der Waals surface area contributed by atoms with Crippen molar-refractivity contribution >= 4 is 34.1 Å². The highest BCUT2D eigenvalue weighted by Crippen LogP contribution is 2.23. The maximum absolute atomic E-state index is 5.58. The van der Waals surface area contributed by atoms with Crippen molar-refractivity contribution in [2.75, 3.05) is 12.4 Å². The fourth-order valence-corrected chi connectivity index (χ4v) is 3.49. The second-order valence-corrected chi connectivity index (χ2v) is 7.16. The molecule has 0 aliphatic heterocycles. The van der Waals surface area contributed by atoms with Crippen LogP contribution in [-0.2, 0) is 0 Å². The van der Waals surface area contributed by atoms with Crippen LogP contribution in [0.2, 0.25) is 0 Å². The lowest BCUT2D eigenvalue weighted by Gasteiger charge is -2.28. The van der Waals surface area contributed by atoms with Gasteiger partial charge in [-0.1, -0.05) is 42.5 Å². The van der Waals surface area contributed by atoms with Gasteiger partial charge in [0.2, 0.25) is 0 Å². The maximum atomic E-state index is 5.58. The molecule has 1 unspecified atom stereocenters. The van der Waals surface area contributed by atoms with E-state index in [0.29, 0.717) is 5.11 Å². The van der Waals surface area contributed by atoms with Gasteiger partial charge in [-0.15, -0.1) is 0 Å². The van der Waals surface area contributed by atoms with Crippen LogP contribution in [0.5, 0.6) is 0 Å². The van der Waals surface area contributed by atoms with Crippen LogP contribution in [0.4, 0.5) is 5.69 Å². The van der Waals surface area contributed by atoms with E-state index in [1.165, 1.54) is 5.56 Å². The number of hydrogen-bond acceptors (Lipinski definition) is 2. The van der Waals surface area contributed by atoms with Crippen LogP contribution in [0, 0.1) is 0 Å². The van der Waals surface area contributed by atoms with E-state index in [1.54, 1.807) is 0 Å². The van der Waals surface area contributed by atoms with Crippen LogP contribution in [0.1, 0.15) is 18.5 Å². The molecular weight excluding hydrogens is 364 g/mol. The van der Waals surface area contributed by atoms with E-state index in [-0.39, 0.29) is 6.04 Å². The minimum Gasteiger partial charge on any atom is -0.345 e. The molecule has 0 aliphatic carbocycles. The molecule has 140 valence electrons. The van der Waals surface area contributed by atoms with Crippen molar-refractivity contribution in [2.45, 2.75) is 13.0 Å². The van der Waals surface area contributed by atoms with Gasteiger partial charge in [0.25, 0.3) is 0 Å². The number of fused-ring (bicyclic) bond motifs is 1. The average Bonchev–Trinajstić information content (AvgIpc) is 3.17. The Morgan fingerprint density at radius 2 is 1.64 bits per heavy atom. The van der Waals surface area contributed by atoms with Crippen molar-refractivity contribution in [2.24, 2.45) is 0 Å². The standard InChI is InChI=1S/C23H22N4S/c1-17(26(2)23(28)25-19-8-4-3-5-9-19)18-12-14-20(15-13-18)27-16-24-21-10-6-7-11-22(21)27/h3-17H,1-2H3,(H,25,28). The lowest BCUT2D eigenvalue weighted by atomic mass is 10.1. The Balaban J connectivity index is 1.50. The van der Waals surface area contributed by atoms with E-state index in [9.17, 15) is 0 Å². The molecule has 1 N–H and O–H groups in total. The zero-order valence-corrected chi connectivity index (χ0v) is 16.7. The van der Waals surface area contributed by atoms with Crippen LogP contribution in [0.15, 0.2) is 85.2 Å². The Bertz CT molecular complexity index is 1090. The molecule has 0 spiro atoms. The van der Waals surface area contributed by atoms with Gasteiger partial charge in [0.05, 0.1) is 17.1 Å². The number of para-hydroxylation sites is 3. The smallest absolute Gasteiger partial charge is 0.173 e. The number of aromatic nitrogens is 2. The van der Waals surface area contributed by atoms with Gasteiger partial charge in [0, 0.05) is 18.4 Å². The number of nitrogens with one attached hydrogen (secondary N) is 1. The molecule has 3 aromatic carbocycles. The van der Waals surface area contributed by atoms with Crippen LogP contribution < -0.4 is 5.32 Å². The summed E-state index contributed by atoms with van der Waals surface area (Å²) in [6, 6.07) is 26.8. The van der Waals surface area contributed by atoms with Gasteiger partial charge in [-0.2, -0.15) is 0 Å². The molecule has 0 bridgehead atoms. The van der Waals surface area contributed by atoms with Gasteiger partial charge in [0.15, 0.2) is 5.11 Å².